The second kappa shape index (κ2) is 7.66. The maximum Gasteiger partial charge on any atom is 0.573 e. The van der Waals surface area contributed by atoms with Gasteiger partial charge in [0, 0.05) is 19.1 Å². The van der Waals surface area contributed by atoms with Crippen LogP contribution < -0.4 is 10.5 Å². The molecular formula is C15H23F3N2O. The van der Waals surface area contributed by atoms with Crippen LogP contribution in [-0.2, 0) is 0 Å². The molecular weight excluding hydrogens is 281 g/mol. The third-order valence-electron chi connectivity index (χ3n) is 3.53. The smallest absolute Gasteiger partial charge is 0.406 e. The minimum Gasteiger partial charge on any atom is -0.406 e. The van der Waals surface area contributed by atoms with Crippen LogP contribution in [0.25, 0.3) is 0 Å². The molecule has 3 nitrogen and oxygen atoms in total. The third kappa shape index (κ3) is 5.93. The van der Waals surface area contributed by atoms with Gasteiger partial charge in [0.25, 0.3) is 0 Å². The Balaban J connectivity index is 2.88. The van der Waals surface area contributed by atoms with E-state index in [-0.39, 0.29) is 11.8 Å². The predicted octanol–water partition coefficient (Wildman–Crippen LogP) is 3.56. The number of ether oxygens (including phenoxy) is 1. The molecule has 2 unspecified atom stereocenters. The highest BCUT2D eigenvalue weighted by molar-refractivity contribution is 5.31. The number of nitrogens with two attached hydrogens (primary N) is 1. The molecule has 0 aliphatic rings. The molecule has 2 atom stereocenters. The van der Waals surface area contributed by atoms with E-state index in [1.165, 1.54) is 12.1 Å². The quantitative estimate of drug-likeness (QED) is 0.837. The number of rotatable bonds is 7. The molecule has 0 amide bonds. The van der Waals surface area contributed by atoms with Crippen LogP contribution in [0.3, 0.4) is 0 Å². The van der Waals surface area contributed by atoms with Crippen molar-refractivity contribution >= 4 is 0 Å². The minimum atomic E-state index is -4.68. The Bertz CT molecular complexity index is 437. The Morgan fingerprint density at radius 2 is 2.00 bits per heavy atom. The zero-order chi connectivity index (χ0) is 16.0. The van der Waals surface area contributed by atoms with Gasteiger partial charge in [-0.3, -0.25) is 4.90 Å². The van der Waals surface area contributed by atoms with E-state index < -0.39 is 6.36 Å². The number of hydrogen-bond donors (Lipinski definition) is 1. The lowest BCUT2D eigenvalue weighted by Gasteiger charge is -2.29. The number of benzene rings is 1. The summed E-state index contributed by atoms with van der Waals surface area (Å²) < 4.78 is 40.8. The van der Waals surface area contributed by atoms with Crippen molar-refractivity contribution in [2.45, 2.75) is 32.7 Å². The molecule has 0 fully saturated rings. The summed E-state index contributed by atoms with van der Waals surface area (Å²) in [6.07, 6.45) is -3.64. The molecule has 0 radical (unpaired) electrons. The van der Waals surface area contributed by atoms with Crippen LogP contribution in [0.15, 0.2) is 24.3 Å². The van der Waals surface area contributed by atoms with Crippen molar-refractivity contribution in [2.24, 2.45) is 11.7 Å². The van der Waals surface area contributed by atoms with Gasteiger partial charge in [-0.15, -0.1) is 13.2 Å². The van der Waals surface area contributed by atoms with Crippen LogP contribution in [0.1, 0.15) is 31.9 Å². The van der Waals surface area contributed by atoms with Gasteiger partial charge in [0.1, 0.15) is 5.75 Å². The van der Waals surface area contributed by atoms with Gasteiger partial charge in [-0.05, 0) is 30.7 Å². The zero-order valence-corrected chi connectivity index (χ0v) is 12.7. The number of hydrogen-bond acceptors (Lipinski definition) is 3. The van der Waals surface area contributed by atoms with Crippen molar-refractivity contribution in [1.29, 1.82) is 0 Å². The molecule has 2 N–H and O–H groups in total. The van der Waals surface area contributed by atoms with E-state index in [9.17, 15) is 13.2 Å². The fourth-order valence-electron chi connectivity index (χ4n) is 2.24. The van der Waals surface area contributed by atoms with Crippen molar-refractivity contribution in [3.8, 4) is 5.75 Å². The van der Waals surface area contributed by atoms with Crippen molar-refractivity contribution in [3.05, 3.63) is 29.8 Å². The van der Waals surface area contributed by atoms with Gasteiger partial charge >= 0.3 is 6.36 Å². The number of nitrogens with zero attached hydrogens (tertiary/aromatic N) is 1. The van der Waals surface area contributed by atoms with Gasteiger partial charge in [-0.1, -0.05) is 32.4 Å². The lowest BCUT2D eigenvalue weighted by atomic mass is 10.0. The maximum absolute atomic E-state index is 12.3. The summed E-state index contributed by atoms with van der Waals surface area (Å²) in [5, 5.41) is 0. The summed E-state index contributed by atoms with van der Waals surface area (Å²) >= 11 is 0. The highest BCUT2D eigenvalue weighted by Crippen LogP contribution is 2.27. The minimum absolute atomic E-state index is 0.129. The van der Waals surface area contributed by atoms with Gasteiger partial charge < -0.3 is 10.5 Å². The summed E-state index contributed by atoms with van der Waals surface area (Å²) in [6.45, 7) is 5.41. The molecule has 0 aromatic heterocycles. The zero-order valence-electron chi connectivity index (χ0n) is 12.7. The fourth-order valence-corrected chi connectivity index (χ4v) is 2.24. The molecule has 0 aliphatic heterocycles. The fraction of sp³-hybridized carbons (Fsp3) is 0.600. The normalized spacial score (nSPS) is 15.0. The SMILES string of the molecule is CCC(C)CN(C)C(CN)c1cccc(OC(F)(F)F)c1. The lowest BCUT2D eigenvalue weighted by Crippen LogP contribution is -2.33. The molecule has 6 heteroatoms. The highest BCUT2D eigenvalue weighted by Gasteiger charge is 2.31. The summed E-state index contributed by atoms with van der Waals surface area (Å²) in [5.41, 5.74) is 6.52. The standard InChI is InChI=1S/C15H23F3N2O/c1-4-11(2)10-20(3)14(9-19)12-6-5-7-13(8-12)21-15(16,17)18/h5-8,11,14H,4,9-10,19H2,1-3H3. The van der Waals surface area contributed by atoms with Crippen molar-refractivity contribution in [3.63, 3.8) is 0 Å². The Morgan fingerprint density at radius 1 is 1.33 bits per heavy atom. The second-order valence-electron chi connectivity index (χ2n) is 5.32. The van der Waals surface area contributed by atoms with E-state index in [2.05, 4.69) is 23.5 Å². The number of alkyl halides is 3. The van der Waals surface area contributed by atoms with Gasteiger partial charge in [0.2, 0.25) is 0 Å². The first-order chi connectivity index (χ1) is 9.76. The van der Waals surface area contributed by atoms with Crippen LogP contribution in [0, 0.1) is 5.92 Å². The van der Waals surface area contributed by atoms with Crippen LogP contribution in [0.2, 0.25) is 0 Å². The van der Waals surface area contributed by atoms with Gasteiger partial charge in [-0.25, -0.2) is 0 Å². The molecule has 0 spiro atoms. The number of likely N-dealkylation sites (N-methyl/N-ethyl adjacent to an activating group) is 1. The molecule has 0 aliphatic carbocycles. The predicted molar refractivity (Wildman–Crippen MR) is 77.0 cm³/mol. The van der Waals surface area contributed by atoms with E-state index in [1.807, 2.05) is 7.05 Å². The summed E-state index contributed by atoms with van der Waals surface area (Å²) in [6, 6.07) is 5.89. The Morgan fingerprint density at radius 3 is 2.52 bits per heavy atom. The maximum atomic E-state index is 12.3. The van der Waals surface area contributed by atoms with E-state index in [0.29, 0.717) is 12.5 Å². The Hall–Kier alpha value is -1.27. The molecule has 1 aromatic rings. The molecule has 1 aromatic carbocycles. The molecule has 0 saturated carbocycles. The summed E-state index contributed by atoms with van der Waals surface area (Å²) in [7, 11) is 1.93. The van der Waals surface area contributed by atoms with E-state index in [4.69, 9.17) is 5.73 Å². The first kappa shape index (κ1) is 17.8. The molecule has 0 heterocycles. The van der Waals surface area contributed by atoms with E-state index >= 15 is 0 Å². The summed E-state index contributed by atoms with van der Waals surface area (Å²) in [5.74, 6) is 0.286. The highest BCUT2D eigenvalue weighted by atomic mass is 19.4. The molecule has 120 valence electrons. The largest absolute Gasteiger partial charge is 0.573 e. The van der Waals surface area contributed by atoms with Crippen LogP contribution in [-0.4, -0.2) is 31.4 Å². The molecule has 0 bridgehead atoms. The molecule has 0 saturated heterocycles. The Kier molecular flexibility index (Phi) is 6.48. The van der Waals surface area contributed by atoms with Crippen molar-refractivity contribution < 1.29 is 17.9 Å². The van der Waals surface area contributed by atoms with E-state index in [0.717, 1.165) is 18.5 Å². The third-order valence-corrected chi connectivity index (χ3v) is 3.53. The number of halogens is 3. The van der Waals surface area contributed by atoms with Crippen LogP contribution in [0.4, 0.5) is 13.2 Å². The summed E-state index contributed by atoms with van der Waals surface area (Å²) in [4.78, 5) is 2.07. The van der Waals surface area contributed by atoms with Gasteiger partial charge in [0.15, 0.2) is 0 Å². The van der Waals surface area contributed by atoms with Crippen LogP contribution in [0.5, 0.6) is 5.75 Å². The first-order valence-corrected chi connectivity index (χ1v) is 7.02. The Labute approximate surface area is 123 Å². The average Bonchev–Trinajstić information content (AvgIpc) is 2.37. The second-order valence-corrected chi connectivity index (χ2v) is 5.32. The monoisotopic (exact) mass is 304 g/mol. The lowest BCUT2D eigenvalue weighted by molar-refractivity contribution is -0.274. The van der Waals surface area contributed by atoms with Crippen molar-refractivity contribution in [1.82, 2.24) is 4.90 Å². The van der Waals surface area contributed by atoms with Gasteiger partial charge in [0.05, 0.1) is 0 Å². The van der Waals surface area contributed by atoms with Crippen molar-refractivity contribution in [2.75, 3.05) is 20.1 Å². The topological polar surface area (TPSA) is 38.5 Å². The van der Waals surface area contributed by atoms with Gasteiger partial charge in [-0.2, -0.15) is 0 Å². The first-order valence-electron chi connectivity index (χ1n) is 7.02. The molecule has 1 rings (SSSR count). The average molecular weight is 304 g/mol. The van der Waals surface area contributed by atoms with Crippen LogP contribution >= 0.6 is 0 Å². The van der Waals surface area contributed by atoms with E-state index in [1.54, 1.807) is 12.1 Å². The molecule has 21 heavy (non-hydrogen) atoms.